The molecule has 0 bridgehead atoms. The second kappa shape index (κ2) is 7.52. The van der Waals surface area contributed by atoms with Crippen LogP contribution in [0.15, 0.2) is 48.1 Å². The summed E-state index contributed by atoms with van der Waals surface area (Å²) in [7, 11) is 0. The lowest BCUT2D eigenvalue weighted by Gasteiger charge is -2.42. The van der Waals surface area contributed by atoms with Crippen molar-refractivity contribution in [3.63, 3.8) is 0 Å². The third-order valence-electron chi connectivity index (χ3n) is 5.46. The van der Waals surface area contributed by atoms with Gasteiger partial charge in [0.15, 0.2) is 11.6 Å². The lowest BCUT2D eigenvalue weighted by atomic mass is 9.75. The first-order chi connectivity index (χ1) is 12.9. The molecule has 0 saturated carbocycles. The number of benzene rings is 1. The Morgan fingerprint density at radius 1 is 1.33 bits per heavy atom. The van der Waals surface area contributed by atoms with E-state index in [1.54, 1.807) is 36.1 Å². The van der Waals surface area contributed by atoms with Gasteiger partial charge < -0.3 is 14.9 Å². The maximum Gasteiger partial charge on any atom is 0.331 e. The standard InChI is InChI=1S/C20H22FNO5/c1-13-15(18(23)24)5-4-9-20(13,19(25)26)22-10-8-14(11-22)12-27-17-7-3-2-6-16(17)21/h2-7,9,13-14H,8,10-12H2,1H3,(H,23,24)(H,25,26). The van der Waals surface area contributed by atoms with Gasteiger partial charge in [0.2, 0.25) is 0 Å². The van der Waals surface area contributed by atoms with Crippen molar-refractivity contribution in [2.75, 3.05) is 19.7 Å². The Morgan fingerprint density at radius 2 is 2.07 bits per heavy atom. The lowest BCUT2D eigenvalue weighted by Crippen LogP contribution is -2.58. The predicted molar refractivity (Wildman–Crippen MR) is 96.0 cm³/mol. The summed E-state index contributed by atoms with van der Waals surface area (Å²) in [6.45, 7) is 2.83. The Hall–Kier alpha value is -2.67. The number of likely N-dealkylation sites (tertiary alicyclic amines) is 1. The molecular formula is C20H22FNO5. The molecule has 1 aromatic rings. The zero-order valence-corrected chi connectivity index (χ0v) is 15.0. The quantitative estimate of drug-likeness (QED) is 0.795. The highest BCUT2D eigenvalue weighted by Gasteiger charge is 2.52. The first-order valence-corrected chi connectivity index (χ1v) is 8.84. The van der Waals surface area contributed by atoms with E-state index in [1.165, 1.54) is 18.2 Å². The molecule has 1 fully saturated rings. The highest BCUT2D eigenvalue weighted by atomic mass is 19.1. The summed E-state index contributed by atoms with van der Waals surface area (Å²) in [6.07, 6.45) is 5.20. The molecule has 1 aromatic carbocycles. The zero-order chi connectivity index (χ0) is 19.6. The Morgan fingerprint density at radius 3 is 2.74 bits per heavy atom. The summed E-state index contributed by atoms with van der Waals surface area (Å²) in [5.41, 5.74) is -1.33. The number of allylic oxidation sites excluding steroid dienone is 2. The maximum atomic E-state index is 13.7. The van der Waals surface area contributed by atoms with Gasteiger partial charge in [-0.3, -0.25) is 4.90 Å². The van der Waals surface area contributed by atoms with Crippen molar-refractivity contribution in [3.05, 3.63) is 53.9 Å². The molecule has 2 aliphatic rings. The lowest BCUT2D eigenvalue weighted by molar-refractivity contribution is -0.150. The molecule has 1 saturated heterocycles. The van der Waals surface area contributed by atoms with Gasteiger partial charge in [0, 0.05) is 24.0 Å². The average Bonchev–Trinajstić information content (AvgIpc) is 3.10. The highest BCUT2D eigenvalue weighted by molar-refractivity contribution is 5.92. The molecule has 0 spiro atoms. The monoisotopic (exact) mass is 375 g/mol. The van der Waals surface area contributed by atoms with E-state index >= 15 is 0 Å². The molecule has 0 amide bonds. The smallest absolute Gasteiger partial charge is 0.331 e. The molecule has 144 valence electrons. The summed E-state index contributed by atoms with van der Waals surface area (Å²) >= 11 is 0. The van der Waals surface area contributed by atoms with Gasteiger partial charge in [0.25, 0.3) is 0 Å². The Kier molecular flexibility index (Phi) is 5.32. The number of halogens is 1. The molecule has 1 aliphatic heterocycles. The Bertz CT molecular complexity index is 805. The van der Waals surface area contributed by atoms with E-state index in [0.29, 0.717) is 19.5 Å². The molecule has 3 rings (SSSR count). The predicted octanol–water partition coefficient (Wildman–Crippen LogP) is 2.57. The van der Waals surface area contributed by atoms with Crippen LogP contribution < -0.4 is 4.74 Å². The van der Waals surface area contributed by atoms with Gasteiger partial charge in [0.05, 0.1) is 6.61 Å². The molecule has 6 nitrogen and oxygen atoms in total. The van der Waals surface area contributed by atoms with E-state index < -0.39 is 29.2 Å². The minimum Gasteiger partial charge on any atom is -0.490 e. The molecule has 0 radical (unpaired) electrons. The average molecular weight is 375 g/mol. The Balaban J connectivity index is 1.73. The highest BCUT2D eigenvalue weighted by Crippen LogP contribution is 2.39. The van der Waals surface area contributed by atoms with Crippen LogP contribution in [0, 0.1) is 17.7 Å². The van der Waals surface area contributed by atoms with E-state index in [-0.39, 0.29) is 23.8 Å². The van der Waals surface area contributed by atoms with Crippen molar-refractivity contribution in [1.82, 2.24) is 4.90 Å². The number of nitrogens with zero attached hydrogens (tertiary/aromatic N) is 1. The molecule has 0 aromatic heterocycles. The third kappa shape index (κ3) is 3.47. The zero-order valence-electron chi connectivity index (χ0n) is 15.0. The van der Waals surface area contributed by atoms with Crippen molar-refractivity contribution in [2.45, 2.75) is 18.9 Å². The van der Waals surface area contributed by atoms with Crippen LogP contribution >= 0.6 is 0 Å². The van der Waals surface area contributed by atoms with E-state index in [0.717, 1.165) is 0 Å². The second-order valence-corrected chi connectivity index (χ2v) is 6.98. The Labute approximate surface area is 156 Å². The van der Waals surface area contributed by atoms with Crippen LogP contribution in [0.3, 0.4) is 0 Å². The molecule has 7 heteroatoms. The summed E-state index contributed by atoms with van der Waals surface area (Å²) in [6, 6.07) is 6.15. The van der Waals surface area contributed by atoms with Gasteiger partial charge in [-0.15, -0.1) is 0 Å². The topological polar surface area (TPSA) is 87.1 Å². The van der Waals surface area contributed by atoms with Crippen LogP contribution in [0.4, 0.5) is 4.39 Å². The van der Waals surface area contributed by atoms with Gasteiger partial charge in [-0.1, -0.05) is 37.3 Å². The van der Waals surface area contributed by atoms with E-state index in [4.69, 9.17) is 4.74 Å². The van der Waals surface area contributed by atoms with Crippen molar-refractivity contribution < 1.29 is 28.9 Å². The van der Waals surface area contributed by atoms with Crippen LogP contribution in [0.5, 0.6) is 5.75 Å². The number of hydrogen-bond donors (Lipinski definition) is 2. The summed E-state index contributed by atoms with van der Waals surface area (Å²) in [5, 5.41) is 19.3. The number of para-hydroxylation sites is 1. The molecule has 3 unspecified atom stereocenters. The van der Waals surface area contributed by atoms with Gasteiger partial charge in [-0.05, 0) is 25.1 Å². The van der Waals surface area contributed by atoms with Gasteiger partial charge in [0.1, 0.15) is 5.54 Å². The number of ether oxygens (including phenoxy) is 1. The second-order valence-electron chi connectivity index (χ2n) is 6.98. The summed E-state index contributed by atoms with van der Waals surface area (Å²) in [4.78, 5) is 25.4. The molecule has 1 aliphatic carbocycles. The van der Waals surface area contributed by atoms with Crippen molar-refractivity contribution in [3.8, 4) is 5.75 Å². The van der Waals surface area contributed by atoms with Crippen molar-refractivity contribution >= 4 is 11.9 Å². The van der Waals surface area contributed by atoms with Crippen LogP contribution in [0.25, 0.3) is 0 Å². The fraction of sp³-hybridized carbons (Fsp3) is 0.400. The number of carbonyl (C=O) groups is 2. The van der Waals surface area contributed by atoms with Crippen LogP contribution in [-0.4, -0.2) is 52.3 Å². The van der Waals surface area contributed by atoms with E-state index in [2.05, 4.69) is 0 Å². The normalized spacial score (nSPS) is 28.0. The van der Waals surface area contributed by atoms with Gasteiger partial charge in [-0.25, -0.2) is 14.0 Å². The SMILES string of the molecule is CC1C(C(=O)O)=CC=CC1(C(=O)O)N1CCC(COc2ccccc2F)C1. The minimum absolute atomic E-state index is 0.0283. The van der Waals surface area contributed by atoms with Crippen LogP contribution in [0.1, 0.15) is 13.3 Å². The van der Waals surface area contributed by atoms with E-state index in [1.807, 2.05) is 0 Å². The third-order valence-corrected chi connectivity index (χ3v) is 5.46. The number of rotatable bonds is 6. The first-order valence-electron chi connectivity index (χ1n) is 8.84. The van der Waals surface area contributed by atoms with E-state index in [9.17, 15) is 24.2 Å². The molecule has 2 N–H and O–H groups in total. The minimum atomic E-state index is -1.41. The fourth-order valence-corrected chi connectivity index (χ4v) is 3.93. The molecular weight excluding hydrogens is 353 g/mol. The number of carboxylic acid groups (broad SMARTS) is 2. The molecule has 3 atom stereocenters. The van der Waals surface area contributed by atoms with Gasteiger partial charge in [-0.2, -0.15) is 0 Å². The fourth-order valence-electron chi connectivity index (χ4n) is 3.93. The molecule has 1 heterocycles. The van der Waals surface area contributed by atoms with Crippen molar-refractivity contribution in [2.24, 2.45) is 11.8 Å². The van der Waals surface area contributed by atoms with Crippen LogP contribution in [0.2, 0.25) is 0 Å². The summed E-state index contributed by atoms with van der Waals surface area (Å²) < 4.78 is 19.2. The van der Waals surface area contributed by atoms with Gasteiger partial charge >= 0.3 is 11.9 Å². The maximum absolute atomic E-state index is 13.7. The number of carboxylic acids is 2. The summed E-state index contributed by atoms with van der Waals surface area (Å²) in [5.74, 6) is -3.13. The molecule has 27 heavy (non-hydrogen) atoms. The van der Waals surface area contributed by atoms with Crippen LogP contribution in [-0.2, 0) is 9.59 Å². The first kappa shape index (κ1) is 19.1. The number of aliphatic carboxylic acids is 2. The number of hydrogen-bond acceptors (Lipinski definition) is 4. The largest absolute Gasteiger partial charge is 0.490 e. The van der Waals surface area contributed by atoms with Crippen molar-refractivity contribution in [1.29, 1.82) is 0 Å².